The van der Waals surface area contributed by atoms with Gasteiger partial charge >= 0.3 is 0 Å². The van der Waals surface area contributed by atoms with Crippen molar-refractivity contribution >= 4 is 47.3 Å². The maximum atomic E-state index is 14.8. The average Bonchev–Trinajstić information content (AvgIpc) is 3.23. The predicted octanol–water partition coefficient (Wildman–Crippen LogP) is 3.53. The van der Waals surface area contributed by atoms with E-state index in [4.69, 9.17) is 4.74 Å². The lowest BCUT2D eigenvalue weighted by molar-refractivity contribution is -0.159. The topological polar surface area (TPSA) is 198 Å². The highest BCUT2D eigenvalue weighted by atomic mass is 16.5. The van der Waals surface area contributed by atoms with Gasteiger partial charge in [0.25, 0.3) is 0 Å². The lowest BCUT2D eigenvalue weighted by Gasteiger charge is -2.43. The third-order valence-corrected chi connectivity index (χ3v) is 12.6. The number of ether oxygens (including phenoxy) is 1. The van der Waals surface area contributed by atoms with Gasteiger partial charge in [-0.25, -0.2) is 0 Å². The molecule has 1 fully saturated rings. The van der Waals surface area contributed by atoms with Crippen LogP contribution >= 0.6 is 0 Å². The van der Waals surface area contributed by atoms with Gasteiger partial charge in [-0.3, -0.25) is 38.4 Å². The Hall–Kier alpha value is -4.28. The highest BCUT2D eigenvalue weighted by Crippen LogP contribution is 2.28. The lowest BCUT2D eigenvalue weighted by Crippen LogP contribution is -2.64. The van der Waals surface area contributed by atoms with E-state index in [1.165, 1.54) is 52.7 Å². The monoisotopic (exact) mass is 921 g/mol. The Morgan fingerprint density at radius 1 is 0.631 bits per heavy atom. The molecule has 0 aromatic carbocycles. The summed E-state index contributed by atoms with van der Waals surface area (Å²) >= 11 is 0. The fraction of sp³-hybridized carbons (Fsp3) is 0.833. The zero-order valence-corrected chi connectivity index (χ0v) is 43.3. The number of carbonyl (C=O) groups excluding carboxylic acids is 8. The van der Waals surface area contributed by atoms with Crippen LogP contribution in [-0.4, -0.2) is 170 Å². The van der Waals surface area contributed by atoms with Gasteiger partial charge in [0.05, 0.1) is 12.6 Å². The van der Waals surface area contributed by atoms with Crippen molar-refractivity contribution in [3.63, 3.8) is 0 Å². The molecule has 17 nitrogen and oxygen atoms in total. The Bertz CT molecular complexity index is 1600. The second-order valence-electron chi connectivity index (χ2n) is 20.2. The second kappa shape index (κ2) is 27.4. The van der Waals surface area contributed by atoms with Gasteiger partial charge in [0.2, 0.25) is 47.3 Å². The summed E-state index contributed by atoms with van der Waals surface area (Å²) in [5, 5.41) is 8.24. The number of nitrogens with one attached hydrogen (secondary N) is 3. The van der Waals surface area contributed by atoms with Crippen molar-refractivity contribution in [2.24, 2.45) is 35.5 Å². The molecule has 1 saturated heterocycles. The molecule has 1 aliphatic heterocycles. The summed E-state index contributed by atoms with van der Waals surface area (Å²) in [7, 11) is 9.15. The van der Waals surface area contributed by atoms with Crippen molar-refractivity contribution in [3.05, 3.63) is 0 Å². The van der Waals surface area contributed by atoms with Gasteiger partial charge in [-0.05, 0) is 74.0 Å². The second-order valence-corrected chi connectivity index (χ2v) is 20.2. The lowest BCUT2D eigenvalue weighted by atomic mass is 9.89. The molecule has 374 valence electrons. The first kappa shape index (κ1) is 58.7. The summed E-state index contributed by atoms with van der Waals surface area (Å²) in [6.07, 6.45) is 2.63. The Balaban J connectivity index is 3.47. The van der Waals surface area contributed by atoms with Gasteiger partial charge in [0.1, 0.15) is 36.3 Å². The van der Waals surface area contributed by atoms with E-state index in [2.05, 4.69) is 16.0 Å². The minimum Gasteiger partial charge on any atom is -0.375 e. The summed E-state index contributed by atoms with van der Waals surface area (Å²) < 4.78 is 6.22. The predicted molar refractivity (Wildman–Crippen MR) is 253 cm³/mol. The maximum Gasteiger partial charge on any atom is 0.246 e. The first-order valence-corrected chi connectivity index (χ1v) is 23.9. The number of likely N-dealkylation sites (N-methyl/N-ethyl adjacent to an activating group) is 6. The van der Waals surface area contributed by atoms with E-state index in [1.807, 2.05) is 76.2 Å². The van der Waals surface area contributed by atoms with E-state index in [0.717, 1.165) is 12.8 Å². The zero-order valence-electron chi connectivity index (χ0n) is 43.3. The van der Waals surface area contributed by atoms with Crippen LogP contribution in [0.5, 0.6) is 0 Å². The number of hydrogen-bond donors (Lipinski definition) is 3. The van der Waals surface area contributed by atoms with E-state index in [9.17, 15) is 38.4 Å². The number of nitrogens with zero attached hydrogens (tertiary/aromatic N) is 5. The SMILES string of the molecule is CC[C@H](NC(=O)[C@H]([C@@H]1OCCC[C@H]1C)N(C)C(=O)[C@H](C(C)C)N(C)C(=O)[C@H](CC(C)C)N(C)C(=O)CCC(C)C)C(=O)N(C)CC(=O)N(C)[C@@H](CC(C)C)C(=O)N[C@H](C(=O)NC)C(C)C. The van der Waals surface area contributed by atoms with Crippen LogP contribution in [0, 0.1) is 35.5 Å². The number of carbonyl (C=O) groups is 8. The third-order valence-electron chi connectivity index (χ3n) is 12.6. The maximum absolute atomic E-state index is 14.8. The Kier molecular flexibility index (Phi) is 24.7. The normalized spacial score (nSPS) is 18.0. The molecule has 0 aromatic rings. The van der Waals surface area contributed by atoms with Gasteiger partial charge in [-0.2, -0.15) is 0 Å². The fourth-order valence-corrected chi connectivity index (χ4v) is 8.41. The standard InChI is InChI=1S/C48H88N8O9/c1-19-34(46(62)52(14)27-38(58)53(15)35(25-29(4)5)43(59)51-39(31(8)9)44(60)49-13)50-45(61)41(42-33(12)21-20-24-65-42)56(18)48(64)40(32(10)11)55(17)47(63)36(26-30(6)7)54(16)37(57)23-22-28(2)3/h28-36,39-42H,19-27H2,1-18H3,(H,49,60)(H,50,61)(H,51,59)/t33-,34+,35+,36+,39+,40+,41+,42-/m1/s1. The van der Waals surface area contributed by atoms with Crippen molar-refractivity contribution in [3.8, 4) is 0 Å². The highest BCUT2D eigenvalue weighted by Gasteiger charge is 2.45. The molecular formula is C48H88N8O9. The average molecular weight is 921 g/mol. The summed E-state index contributed by atoms with van der Waals surface area (Å²) in [4.78, 5) is 118. The van der Waals surface area contributed by atoms with E-state index in [-0.39, 0.29) is 53.7 Å². The number of amides is 8. The van der Waals surface area contributed by atoms with Crippen LogP contribution in [0.25, 0.3) is 0 Å². The van der Waals surface area contributed by atoms with Crippen molar-refractivity contribution < 1.29 is 43.1 Å². The van der Waals surface area contributed by atoms with Crippen LogP contribution in [-0.2, 0) is 43.1 Å². The first-order chi connectivity index (χ1) is 30.1. The summed E-state index contributed by atoms with van der Waals surface area (Å²) in [6, 6.07) is -5.81. The highest BCUT2D eigenvalue weighted by molar-refractivity contribution is 5.97. The van der Waals surface area contributed by atoms with Crippen LogP contribution < -0.4 is 16.0 Å². The van der Waals surface area contributed by atoms with E-state index in [1.54, 1.807) is 21.0 Å². The van der Waals surface area contributed by atoms with E-state index < -0.39 is 78.4 Å². The molecule has 8 atom stereocenters. The Labute approximate surface area is 391 Å². The van der Waals surface area contributed by atoms with Gasteiger partial charge in [-0.1, -0.05) is 83.1 Å². The molecule has 17 heteroatoms. The largest absolute Gasteiger partial charge is 0.375 e. The molecule has 0 unspecified atom stereocenters. The summed E-state index contributed by atoms with van der Waals surface area (Å²) in [5.74, 6) is -3.87. The molecule has 0 radical (unpaired) electrons. The number of hydrogen-bond acceptors (Lipinski definition) is 9. The van der Waals surface area contributed by atoms with Gasteiger partial charge in [0, 0.05) is 55.3 Å². The van der Waals surface area contributed by atoms with Crippen LogP contribution in [0.1, 0.15) is 128 Å². The van der Waals surface area contributed by atoms with Crippen molar-refractivity contribution in [1.29, 1.82) is 0 Å². The molecule has 3 N–H and O–H groups in total. The first-order valence-electron chi connectivity index (χ1n) is 23.9. The van der Waals surface area contributed by atoms with Crippen LogP contribution in [0.15, 0.2) is 0 Å². The third kappa shape index (κ3) is 17.1. The molecule has 1 rings (SSSR count). The molecule has 1 aliphatic rings. The molecular weight excluding hydrogens is 833 g/mol. The van der Waals surface area contributed by atoms with E-state index >= 15 is 0 Å². The molecule has 8 amide bonds. The number of rotatable bonds is 25. The molecule has 65 heavy (non-hydrogen) atoms. The van der Waals surface area contributed by atoms with Crippen molar-refractivity contribution in [2.75, 3.05) is 55.4 Å². The smallest absolute Gasteiger partial charge is 0.246 e. The minimum absolute atomic E-state index is 0.0154. The minimum atomic E-state index is -1.19. The fourth-order valence-electron chi connectivity index (χ4n) is 8.41. The summed E-state index contributed by atoms with van der Waals surface area (Å²) in [6.45, 7) is 22.8. The van der Waals surface area contributed by atoms with Gasteiger partial charge in [-0.15, -0.1) is 0 Å². The van der Waals surface area contributed by atoms with Crippen LogP contribution in [0.3, 0.4) is 0 Å². The molecule has 0 saturated carbocycles. The molecule has 0 aliphatic carbocycles. The van der Waals surface area contributed by atoms with Gasteiger partial charge < -0.3 is 45.2 Å². The van der Waals surface area contributed by atoms with Crippen LogP contribution in [0.4, 0.5) is 0 Å². The molecule has 0 aromatic heterocycles. The quantitative estimate of drug-likeness (QED) is 0.123. The van der Waals surface area contributed by atoms with Crippen molar-refractivity contribution in [1.82, 2.24) is 40.4 Å². The van der Waals surface area contributed by atoms with Gasteiger partial charge in [0.15, 0.2) is 0 Å². The van der Waals surface area contributed by atoms with Crippen LogP contribution in [0.2, 0.25) is 0 Å². The Morgan fingerprint density at radius 3 is 1.66 bits per heavy atom. The molecule has 0 spiro atoms. The Morgan fingerprint density at radius 2 is 1.18 bits per heavy atom. The zero-order chi connectivity index (χ0) is 50.2. The summed E-state index contributed by atoms with van der Waals surface area (Å²) in [5.41, 5.74) is 0. The molecule has 1 heterocycles. The molecule has 0 bridgehead atoms. The van der Waals surface area contributed by atoms with Crippen molar-refractivity contribution in [2.45, 2.75) is 170 Å². The van der Waals surface area contributed by atoms with E-state index in [0.29, 0.717) is 38.2 Å².